The van der Waals surface area contributed by atoms with Crippen molar-refractivity contribution in [1.29, 1.82) is 0 Å². The van der Waals surface area contributed by atoms with Crippen molar-refractivity contribution in [2.45, 2.75) is 40.2 Å². The second-order valence-corrected chi connectivity index (χ2v) is 9.26. The largest absolute Gasteiger partial charge is 0.497 e. The van der Waals surface area contributed by atoms with Crippen molar-refractivity contribution in [3.8, 4) is 5.75 Å². The first-order valence-corrected chi connectivity index (χ1v) is 11.0. The molecule has 1 aliphatic rings. The van der Waals surface area contributed by atoms with Gasteiger partial charge in [-0.1, -0.05) is 39.8 Å². The van der Waals surface area contributed by atoms with Crippen LogP contribution >= 0.6 is 0 Å². The summed E-state index contributed by atoms with van der Waals surface area (Å²) in [5, 5.41) is 0. The van der Waals surface area contributed by atoms with E-state index in [1.165, 1.54) is 11.1 Å². The van der Waals surface area contributed by atoms with Crippen molar-refractivity contribution in [2.75, 3.05) is 33.3 Å². The Kier molecular flexibility index (Phi) is 7.59. The maximum atomic E-state index is 12.9. The van der Waals surface area contributed by atoms with Crippen molar-refractivity contribution in [3.63, 3.8) is 0 Å². The van der Waals surface area contributed by atoms with Gasteiger partial charge in [0.1, 0.15) is 5.75 Å². The number of amides is 1. The second-order valence-electron chi connectivity index (χ2n) is 9.26. The molecule has 3 rings (SSSR count). The Balaban J connectivity index is 1.83. The molecule has 0 bridgehead atoms. The summed E-state index contributed by atoms with van der Waals surface area (Å²) in [6.07, 6.45) is 3.55. The molecule has 1 aromatic heterocycles. The molecule has 0 N–H and O–H groups in total. The van der Waals surface area contributed by atoms with E-state index in [4.69, 9.17) is 9.15 Å². The zero-order valence-electron chi connectivity index (χ0n) is 19.0. The lowest BCUT2D eigenvalue weighted by Crippen LogP contribution is -2.41. The van der Waals surface area contributed by atoms with Crippen LogP contribution in [0.15, 0.2) is 47.3 Å². The van der Waals surface area contributed by atoms with Crippen molar-refractivity contribution >= 4 is 5.91 Å². The molecule has 1 aliphatic heterocycles. The second kappa shape index (κ2) is 10.2. The van der Waals surface area contributed by atoms with Gasteiger partial charge in [-0.15, -0.1) is 0 Å². The number of hydrogen-bond donors (Lipinski definition) is 0. The number of benzene rings is 1. The fraction of sp³-hybridized carbons (Fsp3) is 0.560. The molecule has 2 heterocycles. The van der Waals surface area contributed by atoms with Crippen molar-refractivity contribution in [2.24, 2.45) is 17.8 Å². The first kappa shape index (κ1) is 22.4. The quantitative estimate of drug-likeness (QED) is 0.602. The average Bonchev–Trinajstić information content (AvgIpc) is 3.36. The van der Waals surface area contributed by atoms with E-state index in [0.717, 1.165) is 38.5 Å². The van der Waals surface area contributed by atoms with Gasteiger partial charge in [-0.05, 0) is 35.6 Å². The Morgan fingerprint density at radius 3 is 2.67 bits per heavy atom. The third kappa shape index (κ3) is 5.66. The van der Waals surface area contributed by atoms with Gasteiger partial charge in [0.2, 0.25) is 5.91 Å². The Hall–Kier alpha value is -2.27. The van der Waals surface area contributed by atoms with E-state index in [1.54, 1.807) is 13.4 Å². The van der Waals surface area contributed by atoms with Gasteiger partial charge in [-0.2, -0.15) is 0 Å². The van der Waals surface area contributed by atoms with Gasteiger partial charge < -0.3 is 14.1 Å². The highest BCUT2D eigenvalue weighted by atomic mass is 16.5. The van der Waals surface area contributed by atoms with E-state index in [-0.39, 0.29) is 11.8 Å². The van der Waals surface area contributed by atoms with Crippen LogP contribution in [0.4, 0.5) is 0 Å². The highest BCUT2D eigenvalue weighted by Gasteiger charge is 2.36. The van der Waals surface area contributed by atoms with Crippen LogP contribution in [0.25, 0.3) is 0 Å². The summed E-state index contributed by atoms with van der Waals surface area (Å²) in [5.41, 5.74) is 2.48. The number of carbonyl (C=O) groups is 1. The van der Waals surface area contributed by atoms with Crippen molar-refractivity contribution in [1.82, 2.24) is 9.80 Å². The minimum atomic E-state index is 0.0162. The topological polar surface area (TPSA) is 45.9 Å². The molecule has 2 atom stereocenters. The molecule has 5 nitrogen and oxygen atoms in total. The summed E-state index contributed by atoms with van der Waals surface area (Å²) in [6, 6.07) is 10.4. The smallest absolute Gasteiger partial charge is 0.225 e. The Bertz CT molecular complexity index is 800. The van der Waals surface area contributed by atoms with Crippen LogP contribution in [0.5, 0.6) is 5.75 Å². The number of furan rings is 1. The highest BCUT2D eigenvalue weighted by molar-refractivity contribution is 5.78. The van der Waals surface area contributed by atoms with Gasteiger partial charge in [-0.25, -0.2) is 0 Å². The maximum Gasteiger partial charge on any atom is 0.225 e. The summed E-state index contributed by atoms with van der Waals surface area (Å²) >= 11 is 0. The summed E-state index contributed by atoms with van der Waals surface area (Å²) in [7, 11) is 1.71. The molecule has 5 heteroatoms. The van der Waals surface area contributed by atoms with E-state index >= 15 is 0 Å². The third-order valence-corrected chi connectivity index (χ3v) is 5.87. The fourth-order valence-electron chi connectivity index (χ4n) is 4.51. The van der Waals surface area contributed by atoms with Crippen LogP contribution in [0.2, 0.25) is 0 Å². The molecule has 0 spiro atoms. The molecule has 1 amide bonds. The van der Waals surface area contributed by atoms with Gasteiger partial charge in [0.15, 0.2) is 0 Å². The molecular weight excluding hydrogens is 376 g/mol. The van der Waals surface area contributed by atoms with Crippen LogP contribution in [-0.2, 0) is 11.3 Å². The number of ether oxygens (including phenoxy) is 1. The monoisotopic (exact) mass is 412 g/mol. The van der Waals surface area contributed by atoms with Gasteiger partial charge in [0.05, 0.1) is 19.6 Å². The summed E-state index contributed by atoms with van der Waals surface area (Å²) in [5.74, 6) is 2.35. The normalized spacial score (nSPS) is 19.6. The molecule has 2 aromatic rings. The van der Waals surface area contributed by atoms with E-state index in [1.807, 2.05) is 32.2 Å². The van der Waals surface area contributed by atoms with E-state index in [9.17, 15) is 4.79 Å². The SMILES string of the molecule is COc1cccc(C2CN(Cc3ccoc3)CC2CN(CC(C)C)C(=O)C(C)C)c1. The molecule has 1 aromatic carbocycles. The highest BCUT2D eigenvalue weighted by Crippen LogP contribution is 2.36. The fourth-order valence-corrected chi connectivity index (χ4v) is 4.51. The Morgan fingerprint density at radius 2 is 2.03 bits per heavy atom. The van der Waals surface area contributed by atoms with Gasteiger partial charge in [0, 0.05) is 50.1 Å². The number of nitrogens with zero attached hydrogens (tertiary/aromatic N) is 2. The summed E-state index contributed by atoms with van der Waals surface area (Å²) < 4.78 is 10.7. The summed E-state index contributed by atoms with van der Waals surface area (Å²) in [4.78, 5) is 17.5. The average molecular weight is 413 g/mol. The van der Waals surface area contributed by atoms with E-state index < -0.39 is 0 Å². The van der Waals surface area contributed by atoms with E-state index in [0.29, 0.717) is 17.8 Å². The lowest BCUT2D eigenvalue weighted by Gasteiger charge is -2.31. The molecular formula is C25H36N2O3. The molecule has 1 saturated heterocycles. The van der Waals surface area contributed by atoms with E-state index in [2.05, 4.69) is 41.8 Å². The number of likely N-dealkylation sites (tertiary alicyclic amines) is 1. The number of carbonyl (C=O) groups excluding carboxylic acids is 1. The van der Waals surface area contributed by atoms with Crippen molar-refractivity contribution in [3.05, 3.63) is 54.0 Å². The van der Waals surface area contributed by atoms with Crippen LogP contribution in [0.3, 0.4) is 0 Å². The number of rotatable bonds is 9. The predicted octanol–water partition coefficient (Wildman–Crippen LogP) is 4.64. The molecule has 2 unspecified atom stereocenters. The maximum absolute atomic E-state index is 12.9. The molecule has 1 fully saturated rings. The minimum Gasteiger partial charge on any atom is -0.497 e. The summed E-state index contributed by atoms with van der Waals surface area (Å²) in [6.45, 7) is 12.8. The molecule has 30 heavy (non-hydrogen) atoms. The van der Waals surface area contributed by atoms with Gasteiger partial charge in [0.25, 0.3) is 0 Å². The number of methoxy groups -OCH3 is 1. The molecule has 0 radical (unpaired) electrons. The zero-order chi connectivity index (χ0) is 21.7. The first-order valence-electron chi connectivity index (χ1n) is 11.0. The standard InChI is InChI=1S/C25H36N2O3/c1-18(2)12-27(25(28)19(3)4)15-22-14-26(13-20-9-10-30-17-20)16-24(22)21-7-6-8-23(11-21)29-5/h6-11,17-19,22,24H,12-16H2,1-5H3. The van der Waals surface area contributed by atoms with Crippen LogP contribution in [0, 0.1) is 17.8 Å². The lowest BCUT2D eigenvalue weighted by atomic mass is 9.88. The van der Waals surface area contributed by atoms with Crippen LogP contribution in [0.1, 0.15) is 44.7 Å². The zero-order valence-corrected chi connectivity index (χ0v) is 19.0. The Labute approximate surface area is 181 Å². The van der Waals surface area contributed by atoms with Crippen molar-refractivity contribution < 1.29 is 13.9 Å². The molecule has 0 saturated carbocycles. The lowest BCUT2D eigenvalue weighted by molar-refractivity contribution is -0.135. The molecule has 164 valence electrons. The van der Waals surface area contributed by atoms with Gasteiger partial charge in [-0.3, -0.25) is 9.69 Å². The third-order valence-electron chi connectivity index (χ3n) is 5.87. The number of hydrogen-bond acceptors (Lipinski definition) is 4. The van der Waals surface area contributed by atoms with Crippen LogP contribution < -0.4 is 4.74 Å². The predicted molar refractivity (Wildman–Crippen MR) is 119 cm³/mol. The first-order chi connectivity index (χ1) is 14.4. The van der Waals surface area contributed by atoms with Gasteiger partial charge >= 0.3 is 0 Å². The minimum absolute atomic E-state index is 0.0162. The molecule has 0 aliphatic carbocycles. The van der Waals surface area contributed by atoms with Crippen LogP contribution in [-0.4, -0.2) is 49.0 Å². The Morgan fingerprint density at radius 1 is 1.23 bits per heavy atom.